The van der Waals surface area contributed by atoms with E-state index in [0.717, 1.165) is 12.1 Å². The van der Waals surface area contributed by atoms with Crippen LogP contribution in [0, 0.1) is 0 Å². The molecule has 1 fully saturated rings. The lowest BCUT2D eigenvalue weighted by molar-refractivity contribution is -0.137. The predicted molar refractivity (Wildman–Crippen MR) is 86.6 cm³/mol. The van der Waals surface area contributed by atoms with Crippen LogP contribution in [0.1, 0.15) is 30.0 Å². The Balaban J connectivity index is 2.02. The second-order valence-corrected chi connectivity index (χ2v) is 8.00. The molecule has 2 heterocycles. The summed E-state index contributed by atoms with van der Waals surface area (Å²) in [6, 6.07) is 5.68. The second-order valence-electron chi connectivity index (χ2n) is 5.70. The van der Waals surface area contributed by atoms with Gasteiger partial charge in [-0.15, -0.1) is 0 Å². The zero-order valence-electron chi connectivity index (χ0n) is 12.9. The van der Waals surface area contributed by atoms with Crippen molar-refractivity contribution in [1.82, 2.24) is 9.29 Å². The van der Waals surface area contributed by atoms with E-state index in [2.05, 4.69) is 4.98 Å². The minimum Gasteiger partial charge on any atom is -0.264 e. The van der Waals surface area contributed by atoms with Gasteiger partial charge in [-0.1, -0.05) is 17.7 Å². The highest BCUT2D eigenvalue weighted by Crippen LogP contribution is 2.39. The van der Waals surface area contributed by atoms with E-state index in [1.54, 1.807) is 24.5 Å². The maximum absolute atomic E-state index is 13.0. The molecule has 1 aromatic carbocycles. The zero-order chi connectivity index (χ0) is 18.2. The molecule has 1 aliphatic heterocycles. The lowest BCUT2D eigenvalue weighted by Crippen LogP contribution is -2.31. The molecule has 4 nitrogen and oxygen atoms in total. The first-order valence-electron chi connectivity index (χ1n) is 7.50. The Labute approximate surface area is 148 Å². The number of rotatable bonds is 3. The number of hydrogen-bond donors (Lipinski definition) is 0. The molecule has 1 aromatic heterocycles. The van der Waals surface area contributed by atoms with E-state index >= 15 is 0 Å². The highest BCUT2D eigenvalue weighted by Gasteiger charge is 2.39. The van der Waals surface area contributed by atoms with Gasteiger partial charge >= 0.3 is 6.18 Å². The lowest BCUT2D eigenvalue weighted by Gasteiger charge is -2.24. The molecule has 1 saturated heterocycles. The van der Waals surface area contributed by atoms with Crippen LogP contribution in [-0.2, 0) is 16.2 Å². The molecule has 134 valence electrons. The van der Waals surface area contributed by atoms with Crippen molar-refractivity contribution in [2.75, 3.05) is 6.54 Å². The second kappa shape index (κ2) is 6.59. The third kappa shape index (κ3) is 3.51. The molecule has 2 aromatic rings. The Morgan fingerprint density at radius 2 is 2.00 bits per heavy atom. The van der Waals surface area contributed by atoms with Crippen LogP contribution >= 0.6 is 11.6 Å². The third-order valence-corrected chi connectivity index (χ3v) is 6.36. The zero-order valence-corrected chi connectivity index (χ0v) is 14.4. The Kier molecular flexibility index (Phi) is 4.78. The van der Waals surface area contributed by atoms with E-state index in [4.69, 9.17) is 11.6 Å². The molecule has 0 bridgehead atoms. The van der Waals surface area contributed by atoms with E-state index in [0.29, 0.717) is 24.5 Å². The molecule has 0 radical (unpaired) electrons. The highest BCUT2D eigenvalue weighted by atomic mass is 35.5. The van der Waals surface area contributed by atoms with Gasteiger partial charge in [-0.3, -0.25) is 4.98 Å². The van der Waals surface area contributed by atoms with Crippen LogP contribution < -0.4 is 0 Å². The van der Waals surface area contributed by atoms with Crippen molar-refractivity contribution in [3.8, 4) is 0 Å². The summed E-state index contributed by atoms with van der Waals surface area (Å²) in [4.78, 5) is 3.57. The van der Waals surface area contributed by atoms with Crippen molar-refractivity contribution < 1.29 is 21.6 Å². The molecule has 9 heteroatoms. The summed E-state index contributed by atoms with van der Waals surface area (Å²) in [5, 5.41) is -0.531. The summed E-state index contributed by atoms with van der Waals surface area (Å²) in [5.74, 6) is 0. The van der Waals surface area contributed by atoms with Gasteiger partial charge in [-0.2, -0.15) is 17.5 Å². The van der Waals surface area contributed by atoms with Gasteiger partial charge in [0.2, 0.25) is 10.0 Å². The Morgan fingerprint density at radius 1 is 1.24 bits per heavy atom. The summed E-state index contributed by atoms with van der Waals surface area (Å²) >= 11 is 5.58. The smallest absolute Gasteiger partial charge is 0.264 e. The molecule has 25 heavy (non-hydrogen) atoms. The van der Waals surface area contributed by atoms with Crippen LogP contribution in [-0.4, -0.2) is 24.3 Å². The number of pyridine rings is 1. The number of aromatic nitrogens is 1. The first-order valence-corrected chi connectivity index (χ1v) is 9.31. The van der Waals surface area contributed by atoms with Crippen molar-refractivity contribution >= 4 is 21.6 Å². The number of benzene rings is 1. The van der Waals surface area contributed by atoms with Gasteiger partial charge in [-0.25, -0.2) is 8.42 Å². The van der Waals surface area contributed by atoms with Crippen LogP contribution in [0.25, 0.3) is 0 Å². The van der Waals surface area contributed by atoms with E-state index in [1.165, 1.54) is 4.31 Å². The summed E-state index contributed by atoms with van der Waals surface area (Å²) in [5.41, 5.74) is -0.444. The summed E-state index contributed by atoms with van der Waals surface area (Å²) in [7, 11) is -4.09. The largest absolute Gasteiger partial charge is 0.417 e. The fourth-order valence-corrected chi connectivity index (χ4v) is 4.89. The van der Waals surface area contributed by atoms with Gasteiger partial charge in [0.1, 0.15) is 0 Å². The maximum atomic E-state index is 13.0. The van der Waals surface area contributed by atoms with Crippen molar-refractivity contribution in [2.24, 2.45) is 0 Å². The van der Waals surface area contributed by atoms with E-state index in [-0.39, 0.29) is 6.54 Å². The van der Waals surface area contributed by atoms with Crippen molar-refractivity contribution in [3.05, 3.63) is 58.9 Å². The van der Waals surface area contributed by atoms with Crippen molar-refractivity contribution in [2.45, 2.75) is 30.0 Å². The van der Waals surface area contributed by atoms with Gasteiger partial charge in [0.25, 0.3) is 0 Å². The first kappa shape index (κ1) is 18.2. The highest BCUT2D eigenvalue weighted by molar-refractivity contribution is 7.89. The monoisotopic (exact) mass is 390 g/mol. The van der Waals surface area contributed by atoms with Crippen LogP contribution in [0.15, 0.2) is 47.6 Å². The van der Waals surface area contributed by atoms with Crippen LogP contribution in [0.4, 0.5) is 13.2 Å². The van der Waals surface area contributed by atoms with Crippen LogP contribution in [0.2, 0.25) is 5.02 Å². The molecule has 3 rings (SSSR count). The van der Waals surface area contributed by atoms with E-state index in [9.17, 15) is 21.6 Å². The standard InChI is InChI=1S/C16H14ClF3N2O2S/c17-14-6-5-12(9-13(14)16(18,19)20)25(23,24)22-8-2-4-15(22)11-3-1-7-21-10-11/h1,3,5-7,9-10,15H,2,4,8H2. The summed E-state index contributed by atoms with van der Waals surface area (Å²) < 4.78 is 66.1. The van der Waals surface area contributed by atoms with Gasteiger partial charge < -0.3 is 0 Å². The minimum atomic E-state index is -4.73. The number of sulfonamides is 1. The molecule has 0 spiro atoms. The average molecular weight is 391 g/mol. The Morgan fingerprint density at radius 3 is 2.64 bits per heavy atom. The minimum absolute atomic E-state index is 0.242. The maximum Gasteiger partial charge on any atom is 0.417 e. The lowest BCUT2D eigenvalue weighted by atomic mass is 10.1. The van der Waals surface area contributed by atoms with Crippen LogP contribution in [0.5, 0.6) is 0 Å². The number of halogens is 4. The molecule has 1 aliphatic rings. The fourth-order valence-electron chi connectivity index (χ4n) is 2.95. The molecule has 0 aliphatic carbocycles. The number of alkyl halides is 3. The van der Waals surface area contributed by atoms with E-state index in [1.807, 2.05) is 0 Å². The number of hydrogen-bond acceptors (Lipinski definition) is 3. The molecule has 1 unspecified atom stereocenters. The van der Waals surface area contributed by atoms with Crippen molar-refractivity contribution in [1.29, 1.82) is 0 Å². The molecular formula is C16H14ClF3N2O2S. The van der Waals surface area contributed by atoms with Crippen LogP contribution in [0.3, 0.4) is 0 Å². The van der Waals surface area contributed by atoms with E-state index < -0.39 is 37.7 Å². The molecular weight excluding hydrogens is 377 g/mol. The molecule has 0 saturated carbocycles. The topological polar surface area (TPSA) is 50.3 Å². The average Bonchev–Trinajstić information content (AvgIpc) is 3.05. The molecule has 0 N–H and O–H groups in total. The fraction of sp³-hybridized carbons (Fsp3) is 0.312. The van der Waals surface area contributed by atoms with Gasteiger partial charge in [0.05, 0.1) is 21.5 Å². The van der Waals surface area contributed by atoms with Crippen molar-refractivity contribution in [3.63, 3.8) is 0 Å². The summed E-state index contributed by atoms with van der Waals surface area (Å²) in [6.45, 7) is 0.242. The SMILES string of the molecule is O=S(=O)(c1ccc(Cl)c(C(F)(F)F)c1)N1CCCC1c1cccnc1. The summed E-state index contributed by atoms with van der Waals surface area (Å²) in [6.07, 6.45) is -0.368. The number of nitrogens with zero attached hydrogens (tertiary/aromatic N) is 2. The van der Waals surface area contributed by atoms with Gasteiger partial charge in [0.15, 0.2) is 0 Å². The van der Waals surface area contributed by atoms with Gasteiger partial charge in [0, 0.05) is 18.9 Å². The first-order chi connectivity index (χ1) is 11.7. The normalized spacial score (nSPS) is 19.3. The predicted octanol–water partition coefficient (Wildman–Crippen LogP) is 4.28. The molecule has 1 atom stereocenters. The third-order valence-electron chi connectivity index (χ3n) is 4.12. The Bertz CT molecular complexity index is 873. The van der Waals surface area contributed by atoms with Gasteiger partial charge in [-0.05, 0) is 42.7 Å². The quantitative estimate of drug-likeness (QED) is 0.786. The molecule has 0 amide bonds. The Hall–Kier alpha value is -1.64.